The first-order valence-electron chi connectivity index (χ1n) is 6.63. The monoisotopic (exact) mass is 311 g/mol. The molecule has 1 aromatic rings. The van der Waals surface area contributed by atoms with Crippen LogP contribution in [0.25, 0.3) is 0 Å². The fraction of sp³-hybridized carbons (Fsp3) is 0.429. The average Bonchev–Trinajstić information content (AvgIpc) is 2.98. The number of amides is 1. The molecule has 21 heavy (non-hydrogen) atoms. The van der Waals surface area contributed by atoms with Gasteiger partial charge in [0.05, 0.1) is 10.5 Å². The minimum absolute atomic E-state index is 0.132. The van der Waals surface area contributed by atoms with Crippen LogP contribution >= 0.6 is 0 Å². The van der Waals surface area contributed by atoms with Crippen molar-refractivity contribution in [2.45, 2.75) is 17.7 Å². The Bertz CT molecular complexity index is 630. The molecule has 7 heteroatoms. The van der Waals surface area contributed by atoms with Gasteiger partial charge in [0.1, 0.15) is 0 Å². The molecule has 0 N–H and O–H groups in total. The molecule has 1 fully saturated rings. The summed E-state index contributed by atoms with van der Waals surface area (Å²) in [6, 6.07) is 5.43. The summed E-state index contributed by atoms with van der Waals surface area (Å²) >= 11 is 0. The summed E-state index contributed by atoms with van der Waals surface area (Å²) in [5.41, 5.74) is 0.219. The van der Waals surface area contributed by atoms with Gasteiger partial charge in [-0.2, -0.15) is 0 Å². The van der Waals surface area contributed by atoms with Crippen molar-refractivity contribution in [1.82, 2.24) is 4.90 Å². The molecule has 1 saturated heterocycles. The van der Waals surface area contributed by atoms with E-state index < -0.39 is 15.8 Å². The molecule has 0 atom stereocenters. The predicted molar refractivity (Wildman–Crippen MR) is 75.6 cm³/mol. The van der Waals surface area contributed by atoms with E-state index >= 15 is 0 Å². The second kappa shape index (κ2) is 6.26. The highest BCUT2D eigenvalue weighted by molar-refractivity contribution is 7.90. The zero-order valence-electron chi connectivity index (χ0n) is 11.7. The summed E-state index contributed by atoms with van der Waals surface area (Å²) in [5, 5.41) is 0. The Kier molecular flexibility index (Phi) is 4.62. The van der Waals surface area contributed by atoms with Gasteiger partial charge in [0, 0.05) is 19.3 Å². The SMILES string of the molecule is CS(=O)(=O)c1ccc(C(=O)OCC(=O)N2CCCC2)cc1. The van der Waals surface area contributed by atoms with Gasteiger partial charge in [-0.3, -0.25) is 4.79 Å². The van der Waals surface area contributed by atoms with Crippen LogP contribution in [0.15, 0.2) is 29.2 Å². The molecule has 1 heterocycles. The Morgan fingerprint density at radius 2 is 1.71 bits per heavy atom. The van der Waals surface area contributed by atoms with Crippen LogP contribution in [0.5, 0.6) is 0 Å². The molecular formula is C14H17NO5S. The first-order chi connectivity index (χ1) is 9.88. The van der Waals surface area contributed by atoms with E-state index in [9.17, 15) is 18.0 Å². The quantitative estimate of drug-likeness (QED) is 0.771. The van der Waals surface area contributed by atoms with Crippen molar-refractivity contribution < 1.29 is 22.7 Å². The maximum Gasteiger partial charge on any atom is 0.338 e. The third-order valence-electron chi connectivity index (χ3n) is 3.30. The van der Waals surface area contributed by atoms with Crippen LogP contribution in [0, 0.1) is 0 Å². The molecule has 114 valence electrons. The Balaban J connectivity index is 1.92. The second-order valence-corrected chi connectivity index (χ2v) is 6.98. The summed E-state index contributed by atoms with van der Waals surface area (Å²) in [6.45, 7) is 1.13. The number of hydrogen-bond donors (Lipinski definition) is 0. The first-order valence-corrected chi connectivity index (χ1v) is 8.52. The molecule has 0 aliphatic carbocycles. The van der Waals surface area contributed by atoms with Gasteiger partial charge in [0.15, 0.2) is 16.4 Å². The fourth-order valence-corrected chi connectivity index (χ4v) is 2.74. The molecule has 2 rings (SSSR count). The largest absolute Gasteiger partial charge is 0.452 e. The molecule has 0 unspecified atom stereocenters. The Labute approximate surface area is 123 Å². The minimum atomic E-state index is -3.29. The number of esters is 1. The van der Waals surface area contributed by atoms with E-state index in [-0.39, 0.29) is 23.0 Å². The van der Waals surface area contributed by atoms with Crippen LogP contribution in [0.4, 0.5) is 0 Å². The van der Waals surface area contributed by atoms with Crippen molar-refractivity contribution in [2.75, 3.05) is 26.0 Å². The number of carbonyl (C=O) groups is 2. The molecule has 1 aliphatic heterocycles. The molecule has 1 aliphatic rings. The standard InChI is InChI=1S/C14H17NO5S/c1-21(18,19)12-6-4-11(5-7-12)14(17)20-10-13(16)15-8-2-3-9-15/h4-7H,2-3,8-10H2,1H3. The van der Waals surface area contributed by atoms with Crippen molar-refractivity contribution in [3.8, 4) is 0 Å². The molecule has 0 aromatic heterocycles. The van der Waals surface area contributed by atoms with Crippen molar-refractivity contribution in [3.63, 3.8) is 0 Å². The molecule has 0 saturated carbocycles. The molecular weight excluding hydrogens is 294 g/mol. The van der Waals surface area contributed by atoms with E-state index in [1.54, 1.807) is 4.90 Å². The summed E-state index contributed by atoms with van der Waals surface area (Å²) < 4.78 is 27.6. The zero-order valence-corrected chi connectivity index (χ0v) is 12.6. The maximum atomic E-state index is 11.8. The Morgan fingerprint density at radius 1 is 1.14 bits per heavy atom. The van der Waals surface area contributed by atoms with Gasteiger partial charge in [0.25, 0.3) is 5.91 Å². The average molecular weight is 311 g/mol. The van der Waals surface area contributed by atoms with E-state index in [0.717, 1.165) is 19.1 Å². The van der Waals surface area contributed by atoms with E-state index in [1.807, 2.05) is 0 Å². The lowest BCUT2D eigenvalue weighted by Gasteiger charge is -2.14. The normalized spacial score (nSPS) is 15.0. The highest BCUT2D eigenvalue weighted by Crippen LogP contribution is 2.12. The topological polar surface area (TPSA) is 80.7 Å². The number of carbonyl (C=O) groups excluding carboxylic acids is 2. The third-order valence-corrected chi connectivity index (χ3v) is 4.43. The fourth-order valence-electron chi connectivity index (χ4n) is 2.11. The zero-order chi connectivity index (χ0) is 15.5. The lowest BCUT2D eigenvalue weighted by molar-refractivity contribution is -0.133. The number of hydrogen-bond acceptors (Lipinski definition) is 5. The van der Waals surface area contributed by atoms with Crippen molar-refractivity contribution in [1.29, 1.82) is 0 Å². The number of likely N-dealkylation sites (tertiary alicyclic amines) is 1. The highest BCUT2D eigenvalue weighted by Gasteiger charge is 2.19. The lowest BCUT2D eigenvalue weighted by Crippen LogP contribution is -2.32. The molecule has 0 bridgehead atoms. The van der Waals surface area contributed by atoms with Crippen molar-refractivity contribution in [2.24, 2.45) is 0 Å². The summed E-state index contributed by atoms with van der Waals surface area (Å²) in [6.07, 6.45) is 3.05. The number of benzene rings is 1. The second-order valence-electron chi connectivity index (χ2n) is 4.96. The van der Waals surface area contributed by atoms with Crippen LogP contribution in [0.1, 0.15) is 23.2 Å². The van der Waals surface area contributed by atoms with E-state index in [4.69, 9.17) is 4.74 Å². The van der Waals surface area contributed by atoms with Gasteiger partial charge in [-0.05, 0) is 37.1 Å². The first kappa shape index (κ1) is 15.5. The van der Waals surface area contributed by atoms with Gasteiger partial charge >= 0.3 is 5.97 Å². The predicted octanol–water partition coefficient (Wildman–Crippen LogP) is 0.869. The highest BCUT2D eigenvalue weighted by atomic mass is 32.2. The maximum absolute atomic E-state index is 11.8. The van der Waals surface area contributed by atoms with Crippen LogP contribution in [0.2, 0.25) is 0 Å². The third kappa shape index (κ3) is 4.04. The number of rotatable bonds is 4. The van der Waals surface area contributed by atoms with Crippen LogP contribution in [-0.2, 0) is 19.4 Å². The van der Waals surface area contributed by atoms with Crippen LogP contribution < -0.4 is 0 Å². The van der Waals surface area contributed by atoms with Crippen LogP contribution in [-0.4, -0.2) is 51.1 Å². The summed E-state index contributed by atoms with van der Waals surface area (Å²) in [5.74, 6) is -0.837. The molecule has 1 amide bonds. The number of ether oxygens (including phenoxy) is 1. The molecule has 0 spiro atoms. The Hall–Kier alpha value is -1.89. The van der Waals surface area contributed by atoms with Crippen molar-refractivity contribution >= 4 is 21.7 Å². The summed E-state index contributed by atoms with van der Waals surface area (Å²) in [4.78, 5) is 25.3. The van der Waals surface area contributed by atoms with Gasteiger partial charge < -0.3 is 9.64 Å². The number of nitrogens with zero attached hydrogens (tertiary/aromatic N) is 1. The molecule has 1 aromatic carbocycles. The molecule has 0 radical (unpaired) electrons. The van der Waals surface area contributed by atoms with Crippen molar-refractivity contribution in [3.05, 3.63) is 29.8 Å². The lowest BCUT2D eigenvalue weighted by atomic mass is 10.2. The minimum Gasteiger partial charge on any atom is -0.452 e. The van der Waals surface area contributed by atoms with Crippen LogP contribution in [0.3, 0.4) is 0 Å². The van der Waals surface area contributed by atoms with Gasteiger partial charge in [-0.25, -0.2) is 13.2 Å². The Morgan fingerprint density at radius 3 is 2.24 bits per heavy atom. The van der Waals surface area contributed by atoms with E-state index in [0.29, 0.717) is 13.1 Å². The van der Waals surface area contributed by atoms with E-state index in [2.05, 4.69) is 0 Å². The van der Waals surface area contributed by atoms with Gasteiger partial charge in [-0.15, -0.1) is 0 Å². The number of sulfone groups is 1. The van der Waals surface area contributed by atoms with Gasteiger partial charge in [-0.1, -0.05) is 0 Å². The summed E-state index contributed by atoms with van der Waals surface area (Å²) in [7, 11) is -3.29. The molecule has 6 nitrogen and oxygen atoms in total. The van der Waals surface area contributed by atoms with E-state index in [1.165, 1.54) is 24.3 Å². The van der Waals surface area contributed by atoms with Gasteiger partial charge in [0.2, 0.25) is 0 Å². The smallest absolute Gasteiger partial charge is 0.338 e.